The van der Waals surface area contributed by atoms with Gasteiger partial charge in [-0.15, -0.1) is 0 Å². The summed E-state index contributed by atoms with van der Waals surface area (Å²) < 4.78 is 23.7. The van der Waals surface area contributed by atoms with Crippen molar-refractivity contribution in [1.82, 2.24) is 20.1 Å². The molecule has 3 aromatic rings. The molecular formula is C18H18FN5O2. The molecule has 26 heavy (non-hydrogen) atoms. The molecule has 4 rings (SSSR count). The number of methoxy groups -OCH3 is 1. The molecule has 1 aliphatic heterocycles. The summed E-state index contributed by atoms with van der Waals surface area (Å²) in [6.07, 6.45) is 3.61. The van der Waals surface area contributed by atoms with Crippen molar-refractivity contribution in [2.45, 2.75) is 18.8 Å². The van der Waals surface area contributed by atoms with Gasteiger partial charge in [-0.1, -0.05) is 5.16 Å². The van der Waals surface area contributed by atoms with Crippen LogP contribution in [0.25, 0.3) is 11.4 Å². The second-order valence-electron chi connectivity index (χ2n) is 6.15. The van der Waals surface area contributed by atoms with E-state index in [-0.39, 0.29) is 11.7 Å². The Labute approximate surface area is 149 Å². The zero-order chi connectivity index (χ0) is 17.9. The maximum absolute atomic E-state index is 13.1. The van der Waals surface area contributed by atoms with Crippen LogP contribution in [0.1, 0.15) is 24.7 Å². The van der Waals surface area contributed by atoms with E-state index in [1.165, 1.54) is 12.1 Å². The van der Waals surface area contributed by atoms with Crippen LogP contribution in [0, 0.1) is 5.82 Å². The van der Waals surface area contributed by atoms with Crippen molar-refractivity contribution in [3.8, 4) is 17.3 Å². The Bertz CT molecular complexity index is 883. The molecule has 1 aliphatic rings. The van der Waals surface area contributed by atoms with Gasteiger partial charge in [-0.05, 0) is 37.1 Å². The van der Waals surface area contributed by atoms with E-state index in [0.717, 1.165) is 24.9 Å². The van der Waals surface area contributed by atoms with Crippen LogP contribution < -0.4 is 9.64 Å². The van der Waals surface area contributed by atoms with Crippen molar-refractivity contribution < 1.29 is 13.7 Å². The van der Waals surface area contributed by atoms with E-state index in [4.69, 9.17) is 9.26 Å². The van der Waals surface area contributed by atoms with Gasteiger partial charge in [0.25, 0.3) is 0 Å². The first-order chi connectivity index (χ1) is 12.7. The average Bonchev–Trinajstić information content (AvgIpc) is 3.19. The predicted octanol–water partition coefficient (Wildman–Crippen LogP) is 3.06. The van der Waals surface area contributed by atoms with E-state index in [1.54, 1.807) is 31.5 Å². The molecule has 0 aliphatic carbocycles. The number of aromatic nitrogens is 4. The Kier molecular flexibility index (Phi) is 4.47. The van der Waals surface area contributed by atoms with Crippen molar-refractivity contribution in [1.29, 1.82) is 0 Å². The van der Waals surface area contributed by atoms with Crippen LogP contribution in [0.4, 0.5) is 10.3 Å². The zero-order valence-corrected chi connectivity index (χ0v) is 14.3. The van der Waals surface area contributed by atoms with Crippen LogP contribution in [0.2, 0.25) is 0 Å². The largest absolute Gasteiger partial charge is 0.481 e. The van der Waals surface area contributed by atoms with Gasteiger partial charge in [0, 0.05) is 30.9 Å². The summed E-state index contributed by atoms with van der Waals surface area (Å²) in [5.41, 5.74) is 0.727. The lowest BCUT2D eigenvalue weighted by molar-refractivity contribution is 0.332. The lowest BCUT2D eigenvalue weighted by atomic mass is 9.98. The lowest BCUT2D eigenvalue weighted by Gasteiger charge is -2.30. The minimum Gasteiger partial charge on any atom is -0.481 e. The predicted molar refractivity (Wildman–Crippen MR) is 92.5 cm³/mol. The van der Waals surface area contributed by atoms with Gasteiger partial charge in [-0.2, -0.15) is 9.97 Å². The first kappa shape index (κ1) is 16.4. The summed E-state index contributed by atoms with van der Waals surface area (Å²) in [6, 6.07) is 7.77. The van der Waals surface area contributed by atoms with E-state index in [9.17, 15) is 4.39 Å². The van der Waals surface area contributed by atoms with Crippen molar-refractivity contribution in [2.75, 3.05) is 25.1 Å². The van der Waals surface area contributed by atoms with Gasteiger partial charge in [0.15, 0.2) is 0 Å². The Morgan fingerprint density at radius 3 is 2.85 bits per heavy atom. The standard InChI is InChI=1S/C18H18FN5O2/c1-25-15-8-9-20-18(21-15)24-10-2-3-13(11-24)17-22-16(23-26-17)12-4-6-14(19)7-5-12/h4-9,13H,2-3,10-11H2,1H3. The van der Waals surface area contributed by atoms with E-state index in [2.05, 4.69) is 25.0 Å². The highest BCUT2D eigenvalue weighted by Gasteiger charge is 2.27. The molecule has 0 radical (unpaired) electrons. The fourth-order valence-electron chi connectivity index (χ4n) is 3.08. The molecule has 0 spiro atoms. The van der Waals surface area contributed by atoms with E-state index < -0.39 is 0 Å². The van der Waals surface area contributed by atoms with E-state index in [1.807, 2.05) is 0 Å². The van der Waals surface area contributed by atoms with Crippen molar-refractivity contribution in [2.24, 2.45) is 0 Å². The number of rotatable bonds is 4. The SMILES string of the molecule is COc1ccnc(N2CCCC(c3nc(-c4ccc(F)cc4)no3)C2)n1. The van der Waals surface area contributed by atoms with Crippen molar-refractivity contribution >= 4 is 5.95 Å². The molecular weight excluding hydrogens is 337 g/mol. The van der Waals surface area contributed by atoms with Crippen molar-refractivity contribution in [3.63, 3.8) is 0 Å². The third kappa shape index (κ3) is 3.35. The maximum atomic E-state index is 13.1. The third-order valence-electron chi connectivity index (χ3n) is 4.42. The number of hydrogen-bond donors (Lipinski definition) is 0. The molecule has 1 unspecified atom stereocenters. The molecule has 2 aromatic heterocycles. The first-order valence-corrected chi connectivity index (χ1v) is 8.44. The number of hydrogen-bond acceptors (Lipinski definition) is 7. The fourth-order valence-corrected chi connectivity index (χ4v) is 3.08. The molecule has 3 heterocycles. The van der Waals surface area contributed by atoms with Gasteiger partial charge in [-0.25, -0.2) is 9.37 Å². The normalized spacial score (nSPS) is 17.3. The second-order valence-corrected chi connectivity index (χ2v) is 6.15. The van der Waals surface area contributed by atoms with Crippen LogP contribution >= 0.6 is 0 Å². The Morgan fingerprint density at radius 1 is 1.19 bits per heavy atom. The molecule has 1 atom stereocenters. The highest BCUT2D eigenvalue weighted by atomic mass is 19.1. The Morgan fingerprint density at radius 2 is 2.04 bits per heavy atom. The number of ether oxygens (including phenoxy) is 1. The summed E-state index contributed by atoms with van der Waals surface area (Å²) in [7, 11) is 1.58. The number of halogens is 1. The topological polar surface area (TPSA) is 77.2 Å². The molecule has 1 aromatic carbocycles. The molecule has 0 bridgehead atoms. The van der Waals surface area contributed by atoms with E-state index >= 15 is 0 Å². The molecule has 0 saturated carbocycles. The van der Waals surface area contributed by atoms with Crippen LogP contribution in [0.5, 0.6) is 5.88 Å². The number of anilines is 1. The maximum Gasteiger partial charge on any atom is 0.231 e. The van der Waals surface area contributed by atoms with Crippen molar-refractivity contribution in [3.05, 3.63) is 48.2 Å². The highest BCUT2D eigenvalue weighted by molar-refractivity contribution is 5.53. The first-order valence-electron chi connectivity index (χ1n) is 8.44. The molecule has 0 N–H and O–H groups in total. The highest BCUT2D eigenvalue weighted by Crippen LogP contribution is 2.29. The third-order valence-corrected chi connectivity index (χ3v) is 4.42. The summed E-state index contributed by atoms with van der Waals surface area (Å²) in [5.74, 6) is 2.02. The lowest BCUT2D eigenvalue weighted by Crippen LogP contribution is -2.35. The molecule has 7 nitrogen and oxygen atoms in total. The van der Waals surface area contributed by atoms with Gasteiger partial charge in [0.1, 0.15) is 5.82 Å². The van der Waals surface area contributed by atoms with Crippen LogP contribution in [-0.4, -0.2) is 40.3 Å². The second kappa shape index (κ2) is 7.07. The van der Waals surface area contributed by atoms with Gasteiger partial charge >= 0.3 is 0 Å². The monoisotopic (exact) mass is 355 g/mol. The average molecular weight is 355 g/mol. The van der Waals surface area contributed by atoms with Gasteiger partial charge in [-0.3, -0.25) is 0 Å². The fraction of sp³-hybridized carbons (Fsp3) is 0.333. The van der Waals surface area contributed by atoms with Gasteiger partial charge in [0.05, 0.1) is 13.0 Å². The summed E-state index contributed by atoms with van der Waals surface area (Å²) in [5, 5.41) is 4.04. The number of benzene rings is 1. The minimum atomic E-state index is -0.293. The number of nitrogens with zero attached hydrogens (tertiary/aromatic N) is 5. The summed E-state index contributed by atoms with van der Waals surface area (Å²) in [6.45, 7) is 1.56. The van der Waals surface area contributed by atoms with Gasteiger partial charge < -0.3 is 14.2 Å². The summed E-state index contributed by atoms with van der Waals surface area (Å²) >= 11 is 0. The quantitative estimate of drug-likeness (QED) is 0.712. The zero-order valence-electron chi connectivity index (χ0n) is 14.3. The molecule has 134 valence electrons. The number of piperidine rings is 1. The van der Waals surface area contributed by atoms with Gasteiger partial charge in [0.2, 0.25) is 23.5 Å². The molecule has 0 amide bonds. The van der Waals surface area contributed by atoms with Crippen LogP contribution in [-0.2, 0) is 0 Å². The Hall–Kier alpha value is -3.03. The van der Waals surface area contributed by atoms with Crippen LogP contribution in [0.3, 0.4) is 0 Å². The molecule has 1 saturated heterocycles. The Balaban J connectivity index is 1.52. The molecule has 1 fully saturated rings. The summed E-state index contributed by atoms with van der Waals surface area (Å²) in [4.78, 5) is 15.3. The van der Waals surface area contributed by atoms with Crippen LogP contribution in [0.15, 0.2) is 41.1 Å². The smallest absolute Gasteiger partial charge is 0.231 e. The molecule has 8 heteroatoms. The minimum absolute atomic E-state index is 0.0975. The van der Waals surface area contributed by atoms with E-state index in [0.29, 0.717) is 30.1 Å².